The molecule has 0 aromatic carbocycles. The Morgan fingerprint density at radius 3 is 2.52 bits per heavy atom. The van der Waals surface area contributed by atoms with Crippen LogP contribution >= 0.6 is 0 Å². The van der Waals surface area contributed by atoms with E-state index in [9.17, 15) is 9.59 Å². The topological polar surface area (TPSA) is 71.1 Å². The second kappa shape index (κ2) is 7.32. The largest absolute Gasteiger partial charge is 0.508 e. The molecule has 0 amide bonds. The fourth-order valence-electron chi connectivity index (χ4n) is 1.92. The summed E-state index contributed by atoms with van der Waals surface area (Å²) < 4.78 is 20.7. The van der Waals surface area contributed by atoms with Gasteiger partial charge in [0.2, 0.25) is 0 Å². The Bertz CT molecular complexity index is 417. The maximum Gasteiger partial charge on any atom is 0.508 e. The molecule has 118 valence electrons. The summed E-state index contributed by atoms with van der Waals surface area (Å²) in [5, 5.41) is 0. The number of hydrogen-bond acceptors (Lipinski definition) is 6. The molecular formula is C15H22O6. The van der Waals surface area contributed by atoms with Gasteiger partial charge in [-0.25, -0.2) is 4.79 Å². The van der Waals surface area contributed by atoms with Crippen molar-refractivity contribution < 1.29 is 28.5 Å². The minimum absolute atomic E-state index is 0.129. The van der Waals surface area contributed by atoms with Crippen molar-refractivity contribution >= 4 is 12.1 Å². The van der Waals surface area contributed by atoms with E-state index in [0.717, 1.165) is 0 Å². The van der Waals surface area contributed by atoms with Gasteiger partial charge in [0, 0.05) is 6.92 Å². The van der Waals surface area contributed by atoms with E-state index in [0.29, 0.717) is 12.8 Å². The molecule has 21 heavy (non-hydrogen) atoms. The van der Waals surface area contributed by atoms with Gasteiger partial charge >= 0.3 is 12.1 Å². The molecule has 0 N–H and O–H groups in total. The fourth-order valence-corrected chi connectivity index (χ4v) is 1.92. The van der Waals surface area contributed by atoms with Crippen LogP contribution in [0.25, 0.3) is 0 Å². The van der Waals surface area contributed by atoms with Crippen LogP contribution in [0.2, 0.25) is 0 Å². The highest BCUT2D eigenvalue weighted by molar-refractivity contribution is 5.66. The Morgan fingerprint density at radius 2 is 2.05 bits per heavy atom. The Balaban J connectivity index is 2.53. The molecule has 0 radical (unpaired) electrons. The van der Waals surface area contributed by atoms with Crippen LogP contribution in [0, 0.1) is 12.3 Å². The normalized spacial score (nSPS) is 23.0. The molecule has 3 atom stereocenters. The van der Waals surface area contributed by atoms with E-state index in [2.05, 4.69) is 5.92 Å². The van der Waals surface area contributed by atoms with Crippen LogP contribution in [0.15, 0.2) is 0 Å². The minimum Gasteiger partial charge on any atom is -0.456 e. The number of rotatable bonds is 4. The van der Waals surface area contributed by atoms with Crippen molar-refractivity contribution in [3.05, 3.63) is 0 Å². The maximum absolute atomic E-state index is 11.5. The molecule has 0 bridgehead atoms. The van der Waals surface area contributed by atoms with Gasteiger partial charge in [0.05, 0.1) is 6.10 Å². The lowest BCUT2D eigenvalue weighted by molar-refractivity contribution is -0.158. The van der Waals surface area contributed by atoms with Crippen LogP contribution in [0.3, 0.4) is 0 Å². The van der Waals surface area contributed by atoms with Crippen molar-refractivity contribution in [2.75, 3.05) is 6.61 Å². The molecule has 6 heteroatoms. The smallest absolute Gasteiger partial charge is 0.456 e. The number of esters is 1. The molecule has 1 rings (SSSR count). The van der Waals surface area contributed by atoms with Gasteiger partial charge in [-0.15, -0.1) is 6.42 Å². The zero-order valence-electron chi connectivity index (χ0n) is 12.9. The quantitative estimate of drug-likeness (QED) is 0.584. The van der Waals surface area contributed by atoms with E-state index in [-0.39, 0.29) is 18.8 Å². The maximum atomic E-state index is 11.5. The first-order chi connectivity index (χ1) is 9.71. The summed E-state index contributed by atoms with van der Waals surface area (Å²) in [7, 11) is 0. The van der Waals surface area contributed by atoms with Gasteiger partial charge in [-0.2, -0.15) is 0 Å². The van der Waals surface area contributed by atoms with Crippen LogP contribution in [0.4, 0.5) is 4.79 Å². The zero-order chi connectivity index (χ0) is 16.0. The second-order valence-corrected chi connectivity index (χ2v) is 5.83. The van der Waals surface area contributed by atoms with Gasteiger partial charge in [-0.3, -0.25) is 4.79 Å². The van der Waals surface area contributed by atoms with Crippen molar-refractivity contribution in [2.24, 2.45) is 0 Å². The Labute approximate surface area is 125 Å². The third-order valence-electron chi connectivity index (χ3n) is 2.73. The van der Waals surface area contributed by atoms with Crippen LogP contribution in [-0.4, -0.2) is 42.6 Å². The highest BCUT2D eigenvalue weighted by Gasteiger charge is 2.34. The summed E-state index contributed by atoms with van der Waals surface area (Å²) in [6.45, 7) is 6.35. The van der Waals surface area contributed by atoms with Crippen molar-refractivity contribution in [1.29, 1.82) is 0 Å². The number of carbonyl (C=O) groups excluding carboxylic acids is 2. The Hall–Kier alpha value is -1.74. The van der Waals surface area contributed by atoms with E-state index in [4.69, 9.17) is 25.4 Å². The van der Waals surface area contributed by atoms with E-state index in [1.807, 2.05) is 0 Å². The molecule has 0 aromatic rings. The molecule has 1 heterocycles. The number of ether oxygens (including phenoxy) is 4. The van der Waals surface area contributed by atoms with Crippen LogP contribution in [-0.2, 0) is 23.7 Å². The van der Waals surface area contributed by atoms with Gasteiger partial charge < -0.3 is 18.9 Å². The molecule has 0 spiro atoms. The van der Waals surface area contributed by atoms with Gasteiger partial charge in [0.25, 0.3) is 0 Å². The minimum atomic E-state index is -0.814. The summed E-state index contributed by atoms with van der Waals surface area (Å²) in [4.78, 5) is 22.7. The van der Waals surface area contributed by atoms with Gasteiger partial charge in [0.1, 0.15) is 18.3 Å². The highest BCUT2D eigenvalue weighted by Crippen LogP contribution is 2.24. The predicted octanol–water partition coefficient (Wildman–Crippen LogP) is 2.05. The summed E-state index contributed by atoms with van der Waals surface area (Å²) >= 11 is 0. The van der Waals surface area contributed by atoms with Crippen molar-refractivity contribution in [1.82, 2.24) is 0 Å². The van der Waals surface area contributed by atoms with E-state index in [1.54, 1.807) is 20.8 Å². The third kappa shape index (κ3) is 6.50. The SMILES string of the molecule is C#C[C@@H]1CC[C@@H]([C@@H](COC(=O)OC(C)(C)C)OC(C)=O)O1. The first-order valence-electron chi connectivity index (χ1n) is 6.86. The number of carbonyl (C=O) groups is 2. The van der Waals surface area contributed by atoms with Crippen LogP contribution in [0.5, 0.6) is 0 Å². The molecule has 1 saturated heterocycles. The lowest BCUT2D eigenvalue weighted by Crippen LogP contribution is -2.36. The lowest BCUT2D eigenvalue weighted by atomic mass is 10.1. The van der Waals surface area contributed by atoms with E-state index >= 15 is 0 Å². The van der Waals surface area contributed by atoms with E-state index < -0.39 is 23.8 Å². The van der Waals surface area contributed by atoms with E-state index in [1.165, 1.54) is 6.92 Å². The molecule has 1 fully saturated rings. The third-order valence-corrected chi connectivity index (χ3v) is 2.73. The number of hydrogen-bond donors (Lipinski definition) is 0. The first-order valence-corrected chi connectivity index (χ1v) is 6.86. The zero-order valence-corrected chi connectivity index (χ0v) is 12.9. The molecule has 1 aliphatic rings. The van der Waals surface area contributed by atoms with Gasteiger partial charge in [0.15, 0.2) is 6.10 Å². The number of terminal acetylenes is 1. The molecule has 0 unspecified atom stereocenters. The summed E-state index contributed by atoms with van der Waals surface area (Å²) in [5.74, 6) is 2.03. The molecule has 0 saturated carbocycles. The lowest BCUT2D eigenvalue weighted by Gasteiger charge is -2.24. The molecule has 6 nitrogen and oxygen atoms in total. The molecule has 1 aliphatic heterocycles. The van der Waals surface area contributed by atoms with Crippen molar-refractivity contribution in [2.45, 2.75) is 64.4 Å². The van der Waals surface area contributed by atoms with Crippen LogP contribution < -0.4 is 0 Å². The van der Waals surface area contributed by atoms with Crippen molar-refractivity contribution in [3.8, 4) is 12.3 Å². The Morgan fingerprint density at radius 1 is 1.38 bits per heavy atom. The first kappa shape index (κ1) is 17.3. The van der Waals surface area contributed by atoms with Crippen molar-refractivity contribution in [3.63, 3.8) is 0 Å². The molecule has 0 aliphatic carbocycles. The standard InChI is InChI=1S/C15H22O6/c1-6-11-7-8-12(20-11)13(19-10(2)16)9-18-14(17)21-15(3,4)5/h1,11-13H,7-9H2,2-5H3/t11-,12+,13-/m1/s1. The van der Waals surface area contributed by atoms with Gasteiger partial charge in [-0.05, 0) is 33.6 Å². The predicted molar refractivity (Wildman–Crippen MR) is 74.5 cm³/mol. The summed E-state index contributed by atoms with van der Waals surface area (Å²) in [5.41, 5.74) is -0.646. The van der Waals surface area contributed by atoms with Crippen LogP contribution in [0.1, 0.15) is 40.5 Å². The summed E-state index contributed by atoms with van der Waals surface area (Å²) in [6.07, 6.45) is 4.46. The average molecular weight is 298 g/mol. The molecule has 0 aromatic heterocycles. The second-order valence-electron chi connectivity index (χ2n) is 5.83. The fraction of sp³-hybridized carbons (Fsp3) is 0.733. The monoisotopic (exact) mass is 298 g/mol. The Kier molecular flexibility index (Phi) is 6.03. The average Bonchev–Trinajstić information content (AvgIpc) is 2.80. The summed E-state index contributed by atoms with van der Waals surface area (Å²) in [6, 6.07) is 0. The molecular weight excluding hydrogens is 276 g/mol. The highest BCUT2D eigenvalue weighted by atomic mass is 16.7. The van der Waals surface area contributed by atoms with Gasteiger partial charge in [-0.1, -0.05) is 5.92 Å².